The van der Waals surface area contributed by atoms with Crippen molar-refractivity contribution >= 4 is 11.8 Å². The highest BCUT2D eigenvalue weighted by atomic mass is 16.5. The molecular formula is C21H32N4O2. The van der Waals surface area contributed by atoms with Crippen molar-refractivity contribution in [3.63, 3.8) is 0 Å². The van der Waals surface area contributed by atoms with Gasteiger partial charge in [-0.2, -0.15) is 4.98 Å². The lowest BCUT2D eigenvalue weighted by molar-refractivity contribution is 0.284. The van der Waals surface area contributed by atoms with Crippen LogP contribution < -0.4 is 20.9 Å². The van der Waals surface area contributed by atoms with E-state index in [1.165, 1.54) is 38.5 Å². The summed E-state index contributed by atoms with van der Waals surface area (Å²) in [5, 5.41) is 0. The van der Waals surface area contributed by atoms with Gasteiger partial charge in [0, 0.05) is 18.2 Å². The van der Waals surface area contributed by atoms with Crippen molar-refractivity contribution in [3.8, 4) is 11.5 Å². The van der Waals surface area contributed by atoms with E-state index in [2.05, 4.69) is 16.9 Å². The molecule has 0 fully saturated rings. The third kappa shape index (κ3) is 6.96. The van der Waals surface area contributed by atoms with E-state index < -0.39 is 0 Å². The van der Waals surface area contributed by atoms with E-state index in [4.69, 9.17) is 20.9 Å². The minimum absolute atomic E-state index is 0.183. The molecule has 4 N–H and O–H groups in total. The lowest BCUT2D eigenvalue weighted by Crippen LogP contribution is -2.04. The number of ether oxygens (including phenoxy) is 2. The summed E-state index contributed by atoms with van der Waals surface area (Å²) < 4.78 is 11.4. The van der Waals surface area contributed by atoms with Crippen LogP contribution in [0.25, 0.3) is 0 Å². The van der Waals surface area contributed by atoms with E-state index in [0.717, 1.165) is 29.0 Å². The van der Waals surface area contributed by atoms with Gasteiger partial charge in [0.1, 0.15) is 5.82 Å². The zero-order chi connectivity index (χ0) is 19.5. The normalized spacial score (nSPS) is 10.7. The van der Waals surface area contributed by atoms with Gasteiger partial charge in [-0.05, 0) is 24.1 Å². The van der Waals surface area contributed by atoms with Crippen LogP contribution in [-0.2, 0) is 6.42 Å². The van der Waals surface area contributed by atoms with Gasteiger partial charge < -0.3 is 20.9 Å². The van der Waals surface area contributed by atoms with Crippen LogP contribution in [0.1, 0.15) is 63.0 Å². The topological polar surface area (TPSA) is 96.3 Å². The Morgan fingerprint density at radius 3 is 2.41 bits per heavy atom. The molecule has 0 amide bonds. The molecule has 27 heavy (non-hydrogen) atoms. The molecular weight excluding hydrogens is 340 g/mol. The van der Waals surface area contributed by atoms with E-state index in [-0.39, 0.29) is 5.95 Å². The van der Waals surface area contributed by atoms with Crippen LogP contribution in [-0.4, -0.2) is 23.7 Å². The lowest BCUT2D eigenvalue weighted by atomic mass is 10.1. The Bertz CT molecular complexity index is 707. The van der Waals surface area contributed by atoms with Crippen molar-refractivity contribution in [3.05, 3.63) is 35.5 Å². The Morgan fingerprint density at radius 1 is 0.963 bits per heavy atom. The molecule has 0 atom stereocenters. The molecule has 1 aromatic heterocycles. The van der Waals surface area contributed by atoms with E-state index in [1.807, 2.05) is 18.2 Å². The van der Waals surface area contributed by atoms with Crippen molar-refractivity contribution < 1.29 is 9.47 Å². The first-order valence-electron chi connectivity index (χ1n) is 9.80. The summed E-state index contributed by atoms with van der Waals surface area (Å²) in [5.41, 5.74) is 13.3. The van der Waals surface area contributed by atoms with Crippen molar-refractivity contribution in [1.82, 2.24) is 9.97 Å². The van der Waals surface area contributed by atoms with Crippen LogP contribution in [0.15, 0.2) is 24.4 Å². The van der Waals surface area contributed by atoms with Crippen LogP contribution >= 0.6 is 0 Å². The van der Waals surface area contributed by atoms with Crippen molar-refractivity contribution in [2.24, 2.45) is 0 Å². The van der Waals surface area contributed by atoms with Gasteiger partial charge >= 0.3 is 0 Å². The van der Waals surface area contributed by atoms with Gasteiger partial charge in [-0.1, -0.05) is 51.5 Å². The summed E-state index contributed by atoms with van der Waals surface area (Å²) in [7, 11) is 1.65. The fourth-order valence-electron chi connectivity index (χ4n) is 2.97. The van der Waals surface area contributed by atoms with Gasteiger partial charge in [0.05, 0.1) is 13.7 Å². The summed E-state index contributed by atoms with van der Waals surface area (Å²) in [6.45, 7) is 2.95. The summed E-state index contributed by atoms with van der Waals surface area (Å²) in [5.74, 6) is 2.09. The number of nitrogen functional groups attached to an aromatic ring is 2. The molecule has 2 aromatic rings. The maximum atomic E-state index is 5.92. The largest absolute Gasteiger partial charge is 0.493 e. The molecule has 6 heteroatoms. The highest BCUT2D eigenvalue weighted by Crippen LogP contribution is 2.29. The van der Waals surface area contributed by atoms with Gasteiger partial charge in [0.25, 0.3) is 0 Å². The lowest BCUT2D eigenvalue weighted by Gasteiger charge is -2.13. The first-order chi connectivity index (χ1) is 13.1. The first kappa shape index (κ1) is 20.8. The van der Waals surface area contributed by atoms with Crippen LogP contribution in [0.4, 0.5) is 11.8 Å². The summed E-state index contributed by atoms with van der Waals surface area (Å²) >= 11 is 0. The zero-order valence-corrected chi connectivity index (χ0v) is 16.5. The predicted octanol–water partition coefficient (Wildman–Crippen LogP) is 4.37. The molecule has 0 aliphatic heterocycles. The molecule has 0 bridgehead atoms. The van der Waals surface area contributed by atoms with Gasteiger partial charge in [-0.15, -0.1) is 0 Å². The minimum Gasteiger partial charge on any atom is -0.493 e. The predicted molar refractivity (Wildman–Crippen MR) is 110 cm³/mol. The van der Waals surface area contributed by atoms with Crippen molar-refractivity contribution in [2.75, 3.05) is 25.2 Å². The third-order valence-corrected chi connectivity index (χ3v) is 4.54. The molecule has 0 radical (unpaired) electrons. The number of nitrogens with two attached hydrogens (primary N) is 2. The molecule has 0 saturated heterocycles. The average Bonchev–Trinajstić information content (AvgIpc) is 2.67. The number of methoxy groups -OCH3 is 1. The molecule has 0 spiro atoms. The Labute approximate surface area is 162 Å². The summed E-state index contributed by atoms with van der Waals surface area (Å²) in [6.07, 6.45) is 11.1. The molecule has 148 valence electrons. The second-order valence-corrected chi connectivity index (χ2v) is 6.77. The quantitative estimate of drug-likeness (QED) is 0.537. The van der Waals surface area contributed by atoms with Gasteiger partial charge in [-0.25, -0.2) is 4.98 Å². The van der Waals surface area contributed by atoms with E-state index in [9.17, 15) is 0 Å². The molecule has 2 rings (SSSR count). The average molecular weight is 373 g/mol. The summed E-state index contributed by atoms with van der Waals surface area (Å²) in [4.78, 5) is 8.01. The first-order valence-corrected chi connectivity index (χ1v) is 9.80. The Balaban J connectivity index is 1.84. The zero-order valence-electron chi connectivity index (χ0n) is 16.5. The molecule has 0 aliphatic carbocycles. The molecule has 6 nitrogen and oxygen atoms in total. The number of rotatable bonds is 12. The fraction of sp³-hybridized carbons (Fsp3) is 0.524. The maximum Gasteiger partial charge on any atom is 0.221 e. The number of hydrogen-bond acceptors (Lipinski definition) is 6. The highest BCUT2D eigenvalue weighted by Gasteiger charge is 2.09. The number of benzene rings is 1. The molecule has 0 saturated carbocycles. The monoisotopic (exact) mass is 372 g/mol. The SMILES string of the molecule is CCCCCCCCCOc1ccc(Cc2cnc(N)nc2N)cc1OC. The van der Waals surface area contributed by atoms with Crippen LogP contribution in [0.2, 0.25) is 0 Å². The molecule has 0 aliphatic rings. The van der Waals surface area contributed by atoms with E-state index >= 15 is 0 Å². The Morgan fingerprint density at radius 2 is 1.70 bits per heavy atom. The Hall–Kier alpha value is -2.50. The van der Waals surface area contributed by atoms with E-state index in [0.29, 0.717) is 18.8 Å². The molecule has 0 unspecified atom stereocenters. The smallest absolute Gasteiger partial charge is 0.221 e. The van der Waals surface area contributed by atoms with Crippen molar-refractivity contribution in [1.29, 1.82) is 0 Å². The van der Waals surface area contributed by atoms with Gasteiger partial charge in [-0.3, -0.25) is 0 Å². The van der Waals surface area contributed by atoms with Crippen molar-refractivity contribution in [2.45, 2.75) is 58.3 Å². The number of anilines is 2. The number of nitrogens with zero attached hydrogens (tertiary/aromatic N) is 2. The number of hydrogen-bond donors (Lipinski definition) is 2. The minimum atomic E-state index is 0.183. The fourth-order valence-corrected chi connectivity index (χ4v) is 2.97. The standard InChI is InChI=1S/C21H32N4O2/c1-3-4-5-6-7-8-9-12-27-18-11-10-16(14-19(18)26-2)13-17-15-24-21(23)25-20(17)22/h10-11,14-15H,3-9,12-13H2,1-2H3,(H4,22,23,24,25). The maximum absolute atomic E-state index is 5.92. The van der Waals surface area contributed by atoms with Gasteiger partial charge in [0.15, 0.2) is 11.5 Å². The van der Waals surface area contributed by atoms with E-state index in [1.54, 1.807) is 13.3 Å². The molecule has 1 heterocycles. The summed E-state index contributed by atoms with van der Waals surface area (Å²) in [6, 6.07) is 5.93. The van der Waals surface area contributed by atoms with Crippen LogP contribution in [0.3, 0.4) is 0 Å². The number of unbranched alkanes of at least 4 members (excludes halogenated alkanes) is 6. The Kier molecular flexibility index (Phi) is 8.68. The van der Waals surface area contributed by atoms with Crippen LogP contribution in [0.5, 0.6) is 11.5 Å². The number of aromatic nitrogens is 2. The van der Waals surface area contributed by atoms with Gasteiger partial charge in [0.2, 0.25) is 5.95 Å². The van der Waals surface area contributed by atoms with Crippen LogP contribution in [0, 0.1) is 0 Å². The second kappa shape index (κ2) is 11.3. The second-order valence-electron chi connectivity index (χ2n) is 6.77. The highest BCUT2D eigenvalue weighted by molar-refractivity contribution is 5.48. The third-order valence-electron chi connectivity index (χ3n) is 4.54. The molecule has 1 aromatic carbocycles.